The van der Waals surface area contributed by atoms with Crippen molar-refractivity contribution in [2.45, 2.75) is 5.88 Å². The first-order chi connectivity index (χ1) is 9.35. The number of rotatable bonds is 3. The maximum absolute atomic E-state index is 5.82. The van der Waals surface area contributed by atoms with Gasteiger partial charge in [0.05, 0.1) is 5.52 Å². The van der Waals surface area contributed by atoms with Gasteiger partial charge in [-0.25, -0.2) is 9.97 Å². The minimum absolute atomic E-state index is 0.494. The summed E-state index contributed by atoms with van der Waals surface area (Å²) in [5.41, 5.74) is 2.93. The summed E-state index contributed by atoms with van der Waals surface area (Å²) < 4.78 is 0. The second kappa shape index (κ2) is 5.24. The molecular weight excluding hydrogens is 258 g/mol. The van der Waals surface area contributed by atoms with Crippen LogP contribution in [0.2, 0.25) is 0 Å². The summed E-state index contributed by atoms with van der Waals surface area (Å²) in [4.78, 5) is 8.77. The molecule has 3 nitrogen and oxygen atoms in total. The van der Waals surface area contributed by atoms with Gasteiger partial charge in [-0.05, 0) is 23.8 Å². The van der Waals surface area contributed by atoms with E-state index in [0.29, 0.717) is 11.8 Å². The first-order valence-corrected chi connectivity index (χ1v) is 6.52. The molecule has 0 aliphatic rings. The Morgan fingerprint density at radius 1 is 1.05 bits per heavy atom. The monoisotopic (exact) mass is 269 g/mol. The number of anilines is 2. The van der Waals surface area contributed by atoms with Gasteiger partial charge in [-0.15, -0.1) is 11.6 Å². The molecule has 0 saturated carbocycles. The smallest absolute Gasteiger partial charge is 0.227 e. The first-order valence-electron chi connectivity index (χ1n) is 5.99. The van der Waals surface area contributed by atoms with Crippen LogP contribution >= 0.6 is 11.6 Å². The lowest BCUT2D eigenvalue weighted by molar-refractivity contribution is 1.21. The second-order valence-electron chi connectivity index (χ2n) is 4.21. The van der Waals surface area contributed by atoms with Crippen molar-refractivity contribution < 1.29 is 0 Å². The number of para-hydroxylation sites is 1. The standard InChI is InChI=1S/C15H12ClN3/c16-9-11-4-3-6-13(8-11)18-15-17-10-12-5-1-2-7-14(12)19-15/h1-8,10H,9H2,(H,17,18,19). The fourth-order valence-electron chi connectivity index (χ4n) is 1.89. The molecular formula is C15H12ClN3. The van der Waals surface area contributed by atoms with E-state index in [1.165, 1.54) is 0 Å². The van der Waals surface area contributed by atoms with Crippen LogP contribution in [0.1, 0.15) is 5.56 Å². The van der Waals surface area contributed by atoms with Crippen molar-refractivity contribution in [1.82, 2.24) is 9.97 Å². The van der Waals surface area contributed by atoms with Gasteiger partial charge < -0.3 is 5.32 Å². The van der Waals surface area contributed by atoms with Crippen LogP contribution in [0.3, 0.4) is 0 Å². The molecule has 4 heteroatoms. The summed E-state index contributed by atoms with van der Waals surface area (Å²) in [6, 6.07) is 15.8. The highest BCUT2D eigenvalue weighted by Gasteiger charge is 2.00. The Hall–Kier alpha value is -2.13. The van der Waals surface area contributed by atoms with Crippen molar-refractivity contribution in [3.63, 3.8) is 0 Å². The van der Waals surface area contributed by atoms with Crippen LogP contribution in [-0.2, 0) is 5.88 Å². The first kappa shape index (κ1) is 11.9. The Morgan fingerprint density at radius 2 is 1.95 bits per heavy atom. The second-order valence-corrected chi connectivity index (χ2v) is 4.48. The van der Waals surface area contributed by atoms with E-state index in [1.807, 2.05) is 54.7 Å². The SMILES string of the molecule is ClCc1cccc(Nc2ncc3ccccc3n2)c1. The van der Waals surface area contributed by atoms with Crippen LogP contribution in [-0.4, -0.2) is 9.97 Å². The van der Waals surface area contributed by atoms with E-state index in [2.05, 4.69) is 15.3 Å². The molecule has 94 valence electrons. The highest BCUT2D eigenvalue weighted by molar-refractivity contribution is 6.17. The van der Waals surface area contributed by atoms with Crippen molar-refractivity contribution in [3.8, 4) is 0 Å². The number of benzene rings is 2. The number of hydrogen-bond donors (Lipinski definition) is 1. The Balaban J connectivity index is 1.92. The average molecular weight is 270 g/mol. The van der Waals surface area contributed by atoms with Gasteiger partial charge >= 0.3 is 0 Å². The Bertz CT molecular complexity index is 712. The number of halogens is 1. The third-order valence-corrected chi connectivity index (χ3v) is 3.14. The number of aromatic nitrogens is 2. The molecule has 0 aliphatic carbocycles. The maximum atomic E-state index is 5.82. The minimum Gasteiger partial charge on any atom is -0.324 e. The predicted octanol–water partition coefficient (Wildman–Crippen LogP) is 4.11. The molecule has 0 fully saturated rings. The molecule has 19 heavy (non-hydrogen) atoms. The summed E-state index contributed by atoms with van der Waals surface area (Å²) >= 11 is 5.82. The van der Waals surface area contributed by atoms with Gasteiger partial charge in [-0.2, -0.15) is 0 Å². The number of hydrogen-bond acceptors (Lipinski definition) is 3. The molecule has 0 unspecified atom stereocenters. The lowest BCUT2D eigenvalue weighted by Gasteiger charge is -2.06. The van der Waals surface area contributed by atoms with Gasteiger partial charge in [0.25, 0.3) is 0 Å². The molecule has 2 aromatic carbocycles. The van der Waals surface area contributed by atoms with Crippen molar-refractivity contribution >= 4 is 34.1 Å². The zero-order valence-corrected chi connectivity index (χ0v) is 10.9. The normalized spacial score (nSPS) is 10.6. The predicted molar refractivity (Wildman–Crippen MR) is 78.8 cm³/mol. The highest BCUT2D eigenvalue weighted by Crippen LogP contribution is 2.18. The molecule has 0 bridgehead atoms. The number of nitrogens with one attached hydrogen (secondary N) is 1. The van der Waals surface area contributed by atoms with Crippen molar-refractivity contribution in [3.05, 3.63) is 60.3 Å². The average Bonchev–Trinajstić information content (AvgIpc) is 2.47. The van der Waals surface area contributed by atoms with Crippen molar-refractivity contribution in [1.29, 1.82) is 0 Å². The Morgan fingerprint density at radius 3 is 2.84 bits per heavy atom. The molecule has 3 rings (SSSR count). The lowest BCUT2D eigenvalue weighted by atomic mass is 10.2. The molecule has 0 aliphatic heterocycles. The molecule has 0 saturated heterocycles. The molecule has 0 radical (unpaired) electrons. The lowest BCUT2D eigenvalue weighted by Crippen LogP contribution is -1.97. The molecule has 0 amide bonds. The van der Waals surface area contributed by atoms with Gasteiger partial charge in [0, 0.05) is 23.2 Å². The zero-order valence-electron chi connectivity index (χ0n) is 10.2. The summed E-state index contributed by atoms with van der Waals surface area (Å²) in [6.45, 7) is 0. The Kier molecular flexibility index (Phi) is 3.29. The highest BCUT2D eigenvalue weighted by atomic mass is 35.5. The van der Waals surface area contributed by atoms with Crippen LogP contribution in [0.5, 0.6) is 0 Å². The fourth-order valence-corrected chi connectivity index (χ4v) is 2.06. The van der Waals surface area contributed by atoms with E-state index in [1.54, 1.807) is 0 Å². The quantitative estimate of drug-likeness (QED) is 0.727. The van der Waals surface area contributed by atoms with E-state index in [0.717, 1.165) is 22.2 Å². The molecule has 1 N–H and O–H groups in total. The number of nitrogens with zero attached hydrogens (tertiary/aromatic N) is 2. The minimum atomic E-state index is 0.494. The summed E-state index contributed by atoms with van der Waals surface area (Å²) in [6.07, 6.45) is 1.82. The van der Waals surface area contributed by atoms with Crippen LogP contribution in [0, 0.1) is 0 Å². The van der Waals surface area contributed by atoms with Crippen LogP contribution in [0.15, 0.2) is 54.7 Å². The summed E-state index contributed by atoms with van der Waals surface area (Å²) in [5, 5.41) is 4.22. The van der Waals surface area contributed by atoms with E-state index in [4.69, 9.17) is 11.6 Å². The molecule has 1 aromatic heterocycles. The third kappa shape index (κ3) is 2.66. The van der Waals surface area contributed by atoms with E-state index < -0.39 is 0 Å². The van der Waals surface area contributed by atoms with Crippen LogP contribution in [0.25, 0.3) is 10.9 Å². The molecule has 3 aromatic rings. The van der Waals surface area contributed by atoms with E-state index in [9.17, 15) is 0 Å². The topological polar surface area (TPSA) is 37.8 Å². The van der Waals surface area contributed by atoms with E-state index in [-0.39, 0.29) is 0 Å². The number of fused-ring (bicyclic) bond motifs is 1. The third-order valence-electron chi connectivity index (χ3n) is 2.83. The van der Waals surface area contributed by atoms with Gasteiger partial charge in [0.2, 0.25) is 5.95 Å². The van der Waals surface area contributed by atoms with Gasteiger partial charge in [-0.3, -0.25) is 0 Å². The van der Waals surface area contributed by atoms with Gasteiger partial charge in [0.15, 0.2) is 0 Å². The Labute approximate surface area is 116 Å². The van der Waals surface area contributed by atoms with Gasteiger partial charge in [-0.1, -0.05) is 30.3 Å². The van der Waals surface area contributed by atoms with E-state index >= 15 is 0 Å². The molecule has 1 heterocycles. The van der Waals surface area contributed by atoms with Crippen LogP contribution in [0.4, 0.5) is 11.6 Å². The largest absolute Gasteiger partial charge is 0.324 e. The van der Waals surface area contributed by atoms with Gasteiger partial charge in [0.1, 0.15) is 0 Å². The maximum Gasteiger partial charge on any atom is 0.227 e. The number of alkyl halides is 1. The summed E-state index contributed by atoms with van der Waals surface area (Å²) in [5.74, 6) is 1.08. The molecule has 0 spiro atoms. The summed E-state index contributed by atoms with van der Waals surface area (Å²) in [7, 11) is 0. The molecule has 0 atom stereocenters. The van der Waals surface area contributed by atoms with Crippen molar-refractivity contribution in [2.75, 3.05) is 5.32 Å². The zero-order chi connectivity index (χ0) is 13.1. The van der Waals surface area contributed by atoms with Crippen molar-refractivity contribution in [2.24, 2.45) is 0 Å². The van der Waals surface area contributed by atoms with Crippen LogP contribution < -0.4 is 5.32 Å². The fraction of sp³-hybridized carbons (Fsp3) is 0.0667.